The van der Waals surface area contributed by atoms with E-state index < -0.39 is 5.97 Å². The number of urea groups is 1. The number of anilines is 2. The lowest BCUT2D eigenvalue weighted by molar-refractivity contribution is -0.137. The van der Waals surface area contributed by atoms with Gasteiger partial charge in [-0.3, -0.25) is 9.59 Å². The number of hydrogen-bond acceptors (Lipinski definition) is 4. The fourth-order valence-corrected chi connectivity index (χ4v) is 4.29. The highest BCUT2D eigenvalue weighted by atomic mass is 16.4. The fraction of sp³-hybridized carbons (Fsp3) is 0.200. The Hall–Kier alpha value is -4.72. The number of nitrogens with zero attached hydrogens (tertiary/aromatic N) is 2. The molecule has 8 nitrogen and oxygen atoms in total. The molecule has 0 saturated carbocycles. The maximum absolute atomic E-state index is 13.2. The summed E-state index contributed by atoms with van der Waals surface area (Å²) in [6.45, 7) is 4.19. The quantitative estimate of drug-likeness (QED) is 0.260. The Labute approximate surface area is 221 Å². The molecule has 0 radical (unpaired) electrons. The average Bonchev–Trinajstić information content (AvgIpc) is 2.91. The van der Waals surface area contributed by atoms with Crippen molar-refractivity contribution >= 4 is 23.4 Å². The molecule has 0 aliphatic heterocycles. The summed E-state index contributed by atoms with van der Waals surface area (Å²) in [7, 11) is 0. The minimum absolute atomic E-state index is 0.0447. The van der Waals surface area contributed by atoms with Crippen LogP contribution in [-0.4, -0.2) is 26.9 Å². The third-order valence-corrected chi connectivity index (χ3v) is 6.46. The smallest absolute Gasteiger partial charge is 0.323 e. The lowest BCUT2D eigenvalue weighted by Crippen LogP contribution is -2.24. The van der Waals surface area contributed by atoms with Crippen molar-refractivity contribution in [2.24, 2.45) is 0 Å². The van der Waals surface area contributed by atoms with Gasteiger partial charge in [-0.15, -0.1) is 0 Å². The summed E-state index contributed by atoms with van der Waals surface area (Å²) in [5.41, 5.74) is 5.14. The van der Waals surface area contributed by atoms with Gasteiger partial charge in [-0.05, 0) is 65.8 Å². The highest BCUT2D eigenvalue weighted by molar-refractivity contribution is 6.00. The van der Waals surface area contributed by atoms with Gasteiger partial charge in [-0.1, -0.05) is 61.5 Å². The van der Waals surface area contributed by atoms with E-state index in [2.05, 4.69) is 15.7 Å². The average molecular weight is 511 g/mol. The van der Waals surface area contributed by atoms with E-state index >= 15 is 0 Å². The maximum Gasteiger partial charge on any atom is 0.323 e. The zero-order valence-corrected chi connectivity index (χ0v) is 21.3. The topological polar surface area (TPSA) is 113 Å². The third-order valence-electron chi connectivity index (χ3n) is 6.46. The molecule has 3 N–H and O–H groups in total. The van der Waals surface area contributed by atoms with Gasteiger partial charge in [-0.25, -0.2) is 9.48 Å². The van der Waals surface area contributed by atoms with E-state index in [-0.39, 0.29) is 23.9 Å². The number of aromatic nitrogens is 2. The molecule has 0 aliphatic carbocycles. The number of aryl methyl sites for hydroxylation is 1. The maximum atomic E-state index is 13.2. The highest BCUT2D eigenvalue weighted by Crippen LogP contribution is 2.24. The number of carboxylic acids is 1. The number of benzene rings is 3. The van der Waals surface area contributed by atoms with Crippen molar-refractivity contribution in [3.05, 3.63) is 112 Å². The first kappa shape index (κ1) is 26.3. The Morgan fingerprint density at radius 3 is 2.32 bits per heavy atom. The molecule has 1 aromatic heterocycles. The summed E-state index contributed by atoms with van der Waals surface area (Å²) in [6, 6.07) is 23.6. The SMILES string of the molecule is CC[C@H](CC(=O)O)c1ccc(Cn2nccc(-c3ccc(NC(=O)Nc4ccccc4C)cc3)c2=O)cc1. The lowest BCUT2D eigenvalue weighted by atomic mass is 9.92. The molecule has 0 bridgehead atoms. The Balaban J connectivity index is 1.44. The van der Waals surface area contributed by atoms with Gasteiger partial charge < -0.3 is 15.7 Å². The number of aliphatic carboxylic acids is 1. The van der Waals surface area contributed by atoms with Crippen LogP contribution in [0.5, 0.6) is 0 Å². The van der Waals surface area contributed by atoms with Crippen LogP contribution in [0.2, 0.25) is 0 Å². The number of carbonyl (C=O) groups is 2. The monoisotopic (exact) mass is 510 g/mol. The molecule has 4 rings (SSSR count). The standard InChI is InChI=1S/C30H30N4O4/c1-3-22(18-28(35)36)23-10-8-21(9-11-23)19-34-29(37)26(16-17-31-34)24-12-14-25(15-13-24)32-30(38)33-27-7-5-4-6-20(27)2/h4-17,22H,3,18-19H2,1-2H3,(H,35,36)(H2,32,33,38)/t22-/m1/s1. The number of rotatable bonds is 9. The molecule has 0 unspecified atom stereocenters. The molecular weight excluding hydrogens is 480 g/mol. The zero-order chi connectivity index (χ0) is 27.1. The van der Waals surface area contributed by atoms with Crippen LogP contribution in [0, 0.1) is 6.92 Å². The number of carbonyl (C=O) groups excluding carboxylic acids is 1. The summed E-state index contributed by atoms with van der Waals surface area (Å²) in [4.78, 5) is 36.7. The number of para-hydroxylation sites is 1. The molecule has 2 amide bonds. The Morgan fingerprint density at radius 1 is 0.947 bits per heavy atom. The zero-order valence-electron chi connectivity index (χ0n) is 21.3. The molecule has 194 valence electrons. The van der Waals surface area contributed by atoms with Crippen LogP contribution in [-0.2, 0) is 11.3 Å². The van der Waals surface area contributed by atoms with Crippen molar-refractivity contribution in [3.8, 4) is 11.1 Å². The summed E-state index contributed by atoms with van der Waals surface area (Å²) in [5.74, 6) is -0.862. The highest BCUT2D eigenvalue weighted by Gasteiger charge is 2.14. The lowest BCUT2D eigenvalue weighted by Gasteiger charge is -2.14. The molecule has 38 heavy (non-hydrogen) atoms. The number of nitrogens with one attached hydrogen (secondary N) is 2. The van der Waals surface area contributed by atoms with Crippen molar-refractivity contribution in [3.63, 3.8) is 0 Å². The van der Waals surface area contributed by atoms with Crippen LogP contribution in [0.15, 0.2) is 89.9 Å². The van der Waals surface area contributed by atoms with Gasteiger partial charge in [0, 0.05) is 17.6 Å². The normalized spacial score (nSPS) is 11.5. The molecular formula is C30H30N4O4. The van der Waals surface area contributed by atoms with Crippen LogP contribution in [0.1, 0.15) is 42.4 Å². The predicted octanol–water partition coefficient (Wildman–Crippen LogP) is 5.88. The van der Waals surface area contributed by atoms with Crippen LogP contribution in [0.3, 0.4) is 0 Å². The first-order valence-corrected chi connectivity index (χ1v) is 12.4. The van der Waals surface area contributed by atoms with Crippen molar-refractivity contribution in [1.29, 1.82) is 0 Å². The molecule has 8 heteroatoms. The van der Waals surface area contributed by atoms with E-state index in [0.717, 1.165) is 28.8 Å². The van der Waals surface area contributed by atoms with Crippen LogP contribution >= 0.6 is 0 Å². The molecule has 0 saturated heterocycles. The van der Waals surface area contributed by atoms with E-state index in [1.165, 1.54) is 4.68 Å². The second-order valence-electron chi connectivity index (χ2n) is 9.12. The van der Waals surface area contributed by atoms with Gasteiger partial charge in [0.15, 0.2) is 0 Å². The van der Waals surface area contributed by atoms with Crippen LogP contribution in [0.4, 0.5) is 16.2 Å². The Bertz CT molecular complexity index is 1480. The first-order chi connectivity index (χ1) is 18.3. The predicted molar refractivity (Wildman–Crippen MR) is 149 cm³/mol. The first-order valence-electron chi connectivity index (χ1n) is 12.4. The molecule has 1 atom stereocenters. The van der Waals surface area contributed by atoms with Crippen molar-refractivity contribution in [2.75, 3.05) is 10.6 Å². The van der Waals surface area contributed by atoms with Gasteiger partial charge in [0.05, 0.1) is 18.5 Å². The molecule has 3 aromatic carbocycles. The molecule has 0 fully saturated rings. The van der Waals surface area contributed by atoms with Gasteiger partial charge in [0.1, 0.15) is 0 Å². The fourth-order valence-electron chi connectivity index (χ4n) is 4.29. The number of hydrogen-bond donors (Lipinski definition) is 3. The van der Waals surface area contributed by atoms with Crippen molar-refractivity contribution in [2.45, 2.75) is 39.2 Å². The molecule has 0 aliphatic rings. The van der Waals surface area contributed by atoms with E-state index in [9.17, 15) is 14.4 Å². The second kappa shape index (κ2) is 12.0. The van der Waals surface area contributed by atoms with Crippen LogP contribution < -0.4 is 16.2 Å². The minimum Gasteiger partial charge on any atom is -0.481 e. The van der Waals surface area contributed by atoms with E-state index in [0.29, 0.717) is 23.4 Å². The van der Waals surface area contributed by atoms with E-state index in [1.807, 2.05) is 62.4 Å². The van der Waals surface area contributed by atoms with Crippen molar-refractivity contribution < 1.29 is 14.7 Å². The third kappa shape index (κ3) is 6.53. The van der Waals surface area contributed by atoms with Gasteiger partial charge >= 0.3 is 12.0 Å². The summed E-state index contributed by atoms with van der Waals surface area (Å²) in [6.07, 6.45) is 2.41. The van der Waals surface area contributed by atoms with Gasteiger partial charge in [0.2, 0.25) is 0 Å². The second-order valence-corrected chi connectivity index (χ2v) is 9.12. The number of carboxylic acid groups (broad SMARTS) is 1. The van der Waals surface area contributed by atoms with Gasteiger partial charge in [-0.2, -0.15) is 5.10 Å². The summed E-state index contributed by atoms with van der Waals surface area (Å²) in [5, 5.41) is 19.0. The summed E-state index contributed by atoms with van der Waals surface area (Å²) < 4.78 is 1.40. The largest absolute Gasteiger partial charge is 0.481 e. The minimum atomic E-state index is -0.817. The van der Waals surface area contributed by atoms with Gasteiger partial charge in [0.25, 0.3) is 5.56 Å². The molecule has 1 heterocycles. The molecule has 0 spiro atoms. The Morgan fingerprint density at radius 2 is 1.66 bits per heavy atom. The van der Waals surface area contributed by atoms with E-state index in [1.54, 1.807) is 36.5 Å². The van der Waals surface area contributed by atoms with Crippen LogP contribution in [0.25, 0.3) is 11.1 Å². The van der Waals surface area contributed by atoms with Crippen molar-refractivity contribution in [1.82, 2.24) is 9.78 Å². The Kier molecular flexibility index (Phi) is 8.33. The summed E-state index contributed by atoms with van der Waals surface area (Å²) >= 11 is 0. The van der Waals surface area contributed by atoms with E-state index in [4.69, 9.17) is 5.11 Å². The molecule has 4 aromatic rings. The number of amides is 2.